The molecule has 14 heavy (non-hydrogen) atoms. The summed E-state index contributed by atoms with van der Waals surface area (Å²) in [7, 11) is 0. The van der Waals surface area contributed by atoms with Crippen LogP contribution in [0.1, 0.15) is 6.04 Å². The van der Waals surface area contributed by atoms with Crippen molar-refractivity contribution in [3.8, 4) is 0 Å². The standard InChI is InChI=1S/C11H12N2O/c12-9-1-2-11-8(5-9)3-4-13(11)10-6-14-7-10/h1-5,10H,6-7,12H2. The van der Waals surface area contributed by atoms with E-state index in [-0.39, 0.29) is 0 Å². The molecule has 0 atom stereocenters. The molecule has 3 nitrogen and oxygen atoms in total. The van der Waals surface area contributed by atoms with Crippen LogP contribution in [0.25, 0.3) is 10.9 Å². The molecule has 1 saturated heterocycles. The molecule has 0 bridgehead atoms. The zero-order valence-electron chi connectivity index (χ0n) is 7.81. The molecule has 0 spiro atoms. The monoisotopic (exact) mass is 188 g/mol. The van der Waals surface area contributed by atoms with Crippen molar-refractivity contribution in [1.82, 2.24) is 4.57 Å². The third kappa shape index (κ3) is 1.02. The number of rotatable bonds is 1. The van der Waals surface area contributed by atoms with Crippen LogP contribution in [-0.4, -0.2) is 17.8 Å². The maximum Gasteiger partial charge on any atom is 0.0803 e. The highest BCUT2D eigenvalue weighted by molar-refractivity contribution is 5.83. The fraction of sp³-hybridized carbons (Fsp3) is 0.273. The van der Waals surface area contributed by atoms with Crippen molar-refractivity contribution in [2.24, 2.45) is 0 Å². The van der Waals surface area contributed by atoms with Gasteiger partial charge in [-0.05, 0) is 24.3 Å². The summed E-state index contributed by atoms with van der Waals surface area (Å²) in [6.45, 7) is 1.66. The number of nitrogens with zero attached hydrogens (tertiary/aromatic N) is 1. The van der Waals surface area contributed by atoms with Gasteiger partial charge in [0.15, 0.2) is 0 Å². The van der Waals surface area contributed by atoms with Crippen LogP contribution in [0.3, 0.4) is 0 Å². The van der Waals surface area contributed by atoms with Crippen molar-refractivity contribution in [2.75, 3.05) is 18.9 Å². The third-order valence-corrected chi connectivity index (χ3v) is 2.76. The second kappa shape index (κ2) is 2.75. The zero-order valence-corrected chi connectivity index (χ0v) is 7.81. The first-order valence-corrected chi connectivity index (χ1v) is 4.78. The molecule has 1 aliphatic heterocycles. The van der Waals surface area contributed by atoms with E-state index in [1.165, 1.54) is 10.9 Å². The molecular weight excluding hydrogens is 176 g/mol. The van der Waals surface area contributed by atoms with Crippen LogP contribution in [-0.2, 0) is 4.74 Å². The first kappa shape index (κ1) is 7.88. The van der Waals surface area contributed by atoms with Crippen LogP contribution in [0.4, 0.5) is 5.69 Å². The topological polar surface area (TPSA) is 40.2 Å². The number of nitrogens with two attached hydrogens (primary N) is 1. The number of aromatic nitrogens is 1. The molecule has 0 radical (unpaired) electrons. The molecule has 2 aromatic rings. The van der Waals surface area contributed by atoms with Crippen molar-refractivity contribution in [2.45, 2.75) is 6.04 Å². The summed E-state index contributed by atoms with van der Waals surface area (Å²) in [5.41, 5.74) is 7.78. The maximum absolute atomic E-state index is 5.72. The Balaban J connectivity index is 2.16. The van der Waals surface area contributed by atoms with E-state index in [1.807, 2.05) is 12.1 Å². The molecule has 0 amide bonds. The molecule has 0 saturated carbocycles. The van der Waals surface area contributed by atoms with Crippen LogP contribution in [0.2, 0.25) is 0 Å². The molecule has 3 heteroatoms. The molecule has 0 aliphatic carbocycles. The van der Waals surface area contributed by atoms with Crippen LogP contribution in [0.15, 0.2) is 30.5 Å². The summed E-state index contributed by atoms with van der Waals surface area (Å²) in [6.07, 6.45) is 2.11. The van der Waals surface area contributed by atoms with Gasteiger partial charge in [0.25, 0.3) is 0 Å². The Bertz CT molecular complexity index is 471. The minimum absolute atomic E-state index is 0.510. The molecule has 1 aromatic carbocycles. The third-order valence-electron chi connectivity index (χ3n) is 2.76. The highest BCUT2D eigenvalue weighted by atomic mass is 16.5. The van der Waals surface area contributed by atoms with Crippen LogP contribution in [0.5, 0.6) is 0 Å². The summed E-state index contributed by atoms with van der Waals surface area (Å²) in [6, 6.07) is 8.63. The van der Waals surface area contributed by atoms with E-state index < -0.39 is 0 Å². The second-order valence-corrected chi connectivity index (χ2v) is 3.73. The van der Waals surface area contributed by atoms with Gasteiger partial charge in [-0.1, -0.05) is 0 Å². The fourth-order valence-corrected chi connectivity index (χ4v) is 1.88. The van der Waals surface area contributed by atoms with Gasteiger partial charge >= 0.3 is 0 Å². The van der Waals surface area contributed by atoms with Gasteiger partial charge in [-0.3, -0.25) is 0 Å². The van der Waals surface area contributed by atoms with Crippen LogP contribution >= 0.6 is 0 Å². The highest BCUT2D eigenvalue weighted by Crippen LogP contribution is 2.25. The van der Waals surface area contributed by atoms with Gasteiger partial charge in [0.05, 0.1) is 19.3 Å². The number of nitrogen functional groups attached to an aromatic ring is 1. The molecule has 1 fully saturated rings. The number of hydrogen-bond acceptors (Lipinski definition) is 2. The SMILES string of the molecule is Nc1ccc2c(ccn2C2COC2)c1. The first-order chi connectivity index (χ1) is 6.84. The van der Waals surface area contributed by atoms with Gasteiger partial charge in [0, 0.05) is 22.8 Å². The van der Waals surface area contributed by atoms with Crippen molar-refractivity contribution >= 4 is 16.6 Å². The smallest absolute Gasteiger partial charge is 0.0803 e. The number of ether oxygens (including phenoxy) is 1. The Morgan fingerprint density at radius 3 is 2.86 bits per heavy atom. The Morgan fingerprint density at radius 1 is 1.29 bits per heavy atom. The van der Waals surface area contributed by atoms with E-state index in [9.17, 15) is 0 Å². The predicted octanol–water partition coefficient (Wildman–Crippen LogP) is 1.79. The molecule has 2 N–H and O–H groups in total. The summed E-state index contributed by atoms with van der Waals surface area (Å²) in [5, 5.41) is 1.21. The largest absolute Gasteiger partial charge is 0.399 e. The lowest BCUT2D eigenvalue weighted by molar-refractivity contribution is -0.0213. The quantitative estimate of drug-likeness (QED) is 0.693. The van der Waals surface area contributed by atoms with Gasteiger partial charge in [0.2, 0.25) is 0 Å². The molecule has 1 aromatic heterocycles. The molecule has 72 valence electrons. The lowest BCUT2D eigenvalue weighted by Crippen LogP contribution is -2.29. The lowest BCUT2D eigenvalue weighted by Gasteiger charge is -2.28. The van der Waals surface area contributed by atoms with Gasteiger partial charge in [0.1, 0.15) is 0 Å². The number of benzene rings is 1. The second-order valence-electron chi connectivity index (χ2n) is 3.73. The van der Waals surface area contributed by atoms with Gasteiger partial charge in [-0.15, -0.1) is 0 Å². The van der Waals surface area contributed by atoms with Gasteiger partial charge in [-0.2, -0.15) is 0 Å². The first-order valence-electron chi connectivity index (χ1n) is 4.78. The average molecular weight is 188 g/mol. The molecular formula is C11H12N2O. The summed E-state index contributed by atoms with van der Waals surface area (Å²) >= 11 is 0. The Hall–Kier alpha value is -1.48. The van der Waals surface area contributed by atoms with Gasteiger partial charge in [-0.25, -0.2) is 0 Å². The van der Waals surface area contributed by atoms with Gasteiger partial charge < -0.3 is 15.0 Å². The molecule has 0 unspecified atom stereocenters. The van der Waals surface area contributed by atoms with E-state index in [0.29, 0.717) is 6.04 Å². The number of anilines is 1. The maximum atomic E-state index is 5.72. The highest BCUT2D eigenvalue weighted by Gasteiger charge is 2.20. The van der Waals surface area contributed by atoms with Crippen molar-refractivity contribution < 1.29 is 4.74 Å². The van der Waals surface area contributed by atoms with E-state index in [1.54, 1.807) is 0 Å². The number of fused-ring (bicyclic) bond motifs is 1. The van der Waals surface area contributed by atoms with Crippen LogP contribution < -0.4 is 5.73 Å². The average Bonchev–Trinajstić information content (AvgIpc) is 2.45. The van der Waals surface area contributed by atoms with E-state index >= 15 is 0 Å². The van der Waals surface area contributed by atoms with Crippen molar-refractivity contribution in [1.29, 1.82) is 0 Å². The summed E-state index contributed by atoms with van der Waals surface area (Å²) in [4.78, 5) is 0. The molecule has 2 heterocycles. The minimum atomic E-state index is 0.510. The Morgan fingerprint density at radius 2 is 2.14 bits per heavy atom. The van der Waals surface area contributed by atoms with E-state index in [4.69, 9.17) is 10.5 Å². The van der Waals surface area contributed by atoms with Crippen molar-refractivity contribution in [3.63, 3.8) is 0 Å². The van der Waals surface area contributed by atoms with E-state index in [0.717, 1.165) is 18.9 Å². The lowest BCUT2D eigenvalue weighted by atomic mass is 10.2. The summed E-state index contributed by atoms with van der Waals surface area (Å²) in [5.74, 6) is 0. The van der Waals surface area contributed by atoms with Crippen molar-refractivity contribution in [3.05, 3.63) is 30.5 Å². The zero-order chi connectivity index (χ0) is 9.54. The Kier molecular flexibility index (Phi) is 1.55. The van der Waals surface area contributed by atoms with E-state index in [2.05, 4.69) is 22.9 Å². The normalized spacial score (nSPS) is 17.1. The number of hydrogen-bond donors (Lipinski definition) is 1. The Labute approximate surface area is 82.1 Å². The molecule has 1 aliphatic rings. The minimum Gasteiger partial charge on any atom is -0.399 e. The predicted molar refractivity (Wildman–Crippen MR) is 56.2 cm³/mol. The molecule has 3 rings (SSSR count). The fourth-order valence-electron chi connectivity index (χ4n) is 1.88. The summed E-state index contributed by atoms with van der Waals surface area (Å²) < 4.78 is 7.45. The van der Waals surface area contributed by atoms with Crippen LogP contribution in [0, 0.1) is 0 Å².